The van der Waals surface area contributed by atoms with E-state index < -0.39 is 28.5 Å². The van der Waals surface area contributed by atoms with Gasteiger partial charge in [0.2, 0.25) is 11.8 Å². The van der Waals surface area contributed by atoms with Gasteiger partial charge in [-0.25, -0.2) is 8.42 Å². The third kappa shape index (κ3) is 8.21. The molecule has 3 aromatic rings. The highest BCUT2D eigenvalue weighted by Crippen LogP contribution is 2.26. The first-order valence-corrected chi connectivity index (χ1v) is 14.9. The van der Waals surface area contributed by atoms with E-state index in [1.807, 2.05) is 13.8 Å². The van der Waals surface area contributed by atoms with Crippen LogP contribution in [0.5, 0.6) is 0 Å². The zero-order chi connectivity index (χ0) is 28.6. The SMILES string of the molecule is CCCCNC(=O)[C@@H](C)N(Cc1ccc(Cl)cc1)C(=O)CN(c1ccc(C)cc1)S(=O)(=O)c1ccc(Cl)cc1. The van der Waals surface area contributed by atoms with E-state index in [0.29, 0.717) is 22.3 Å². The fourth-order valence-electron chi connectivity index (χ4n) is 3.88. The van der Waals surface area contributed by atoms with Crippen molar-refractivity contribution < 1.29 is 18.0 Å². The molecule has 0 fully saturated rings. The van der Waals surface area contributed by atoms with Crippen molar-refractivity contribution in [2.24, 2.45) is 0 Å². The molecule has 10 heteroatoms. The second-order valence-electron chi connectivity index (χ2n) is 9.27. The highest BCUT2D eigenvalue weighted by atomic mass is 35.5. The molecule has 3 aromatic carbocycles. The predicted octanol–water partition coefficient (Wildman–Crippen LogP) is 5.83. The van der Waals surface area contributed by atoms with Crippen LogP contribution in [-0.4, -0.2) is 44.3 Å². The predicted molar refractivity (Wildman–Crippen MR) is 157 cm³/mol. The quantitative estimate of drug-likeness (QED) is 0.269. The molecular weight excluding hydrogens is 557 g/mol. The van der Waals surface area contributed by atoms with Crippen LogP contribution in [0.15, 0.2) is 77.7 Å². The van der Waals surface area contributed by atoms with Crippen LogP contribution in [-0.2, 0) is 26.2 Å². The molecule has 0 aromatic heterocycles. The summed E-state index contributed by atoms with van der Waals surface area (Å²) in [6.45, 7) is 5.63. The van der Waals surface area contributed by atoms with Gasteiger partial charge in [-0.15, -0.1) is 0 Å². The Labute approximate surface area is 240 Å². The number of nitrogens with one attached hydrogen (secondary N) is 1. The number of benzene rings is 3. The lowest BCUT2D eigenvalue weighted by Gasteiger charge is -2.32. The summed E-state index contributed by atoms with van der Waals surface area (Å²) in [5.41, 5.74) is 2.02. The lowest BCUT2D eigenvalue weighted by molar-refractivity contribution is -0.139. The normalized spacial score (nSPS) is 12.0. The van der Waals surface area contributed by atoms with Crippen molar-refractivity contribution in [1.82, 2.24) is 10.2 Å². The number of carbonyl (C=O) groups excluding carboxylic acids is 2. The highest BCUT2D eigenvalue weighted by molar-refractivity contribution is 7.92. The summed E-state index contributed by atoms with van der Waals surface area (Å²) < 4.78 is 28.6. The van der Waals surface area contributed by atoms with Crippen LogP contribution in [0.1, 0.15) is 37.8 Å². The molecule has 1 N–H and O–H groups in total. The number of sulfonamides is 1. The Balaban J connectivity index is 1.98. The molecule has 2 amide bonds. The van der Waals surface area contributed by atoms with Crippen LogP contribution in [0.3, 0.4) is 0 Å². The number of nitrogens with zero attached hydrogens (tertiary/aromatic N) is 2. The van der Waals surface area contributed by atoms with Crippen LogP contribution in [0, 0.1) is 6.92 Å². The Bertz CT molecular complexity index is 1360. The van der Waals surface area contributed by atoms with Crippen LogP contribution in [0.4, 0.5) is 5.69 Å². The molecule has 3 rings (SSSR count). The molecule has 1 atom stereocenters. The number of aryl methyl sites for hydroxylation is 1. The molecular formula is C29H33Cl2N3O4S. The Morgan fingerprint density at radius 3 is 2.03 bits per heavy atom. The topological polar surface area (TPSA) is 86.8 Å². The lowest BCUT2D eigenvalue weighted by atomic mass is 10.1. The average molecular weight is 591 g/mol. The number of rotatable bonds is 12. The Morgan fingerprint density at radius 1 is 0.897 bits per heavy atom. The fraction of sp³-hybridized carbons (Fsp3) is 0.310. The summed E-state index contributed by atoms with van der Waals surface area (Å²) in [6, 6.07) is 18.7. The van der Waals surface area contributed by atoms with Crippen molar-refractivity contribution in [3.63, 3.8) is 0 Å². The maximum Gasteiger partial charge on any atom is 0.264 e. The third-order valence-electron chi connectivity index (χ3n) is 6.27. The van der Waals surface area contributed by atoms with E-state index in [0.717, 1.165) is 28.3 Å². The number of unbranched alkanes of at least 4 members (excludes halogenated alkanes) is 1. The van der Waals surface area contributed by atoms with Crippen LogP contribution >= 0.6 is 23.2 Å². The molecule has 0 heterocycles. The zero-order valence-corrected chi connectivity index (χ0v) is 24.6. The maximum atomic E-state index is 13.9. The van der Waals surface area contributed by atoms with Crippen molar-refractivity contribution in [2.75, 3.05) is 17.4 Å². The van der Waals surface area contributed by atoms with Gasteiger partial charge in [0.25, 0.3) is 10.0 Å². The van der Waals surface area contributed by atoms with Gasteiger partial charge < -0.3 is 10.2 Å². The summed E-state index contributed by atoms with van der Waals surface area (Å²) in [5.74, 6) is -0.839. The summed E-state index contributed by atoms with van der Waals surface area (Å²) in [6.07, 6.45) is 1.72. The molecule has 0 spiro atoms. The monoisotopic (exact) mass is 589 g/mol. The maximum absolute atomic E-state index is 13.9. The number of amides is 2. The number of hydrogen-bond acceptors (Lipinski definition) is 4. The van der Waals surface area contributed by atoms with E-state index in [9.17, 15) is 18.0 Å². The summed E-state index contributed by atoms with van der Waals surface area (Å²) in [5, 5.41) is 3.80. The van der Waals surface area contributed by atoms with Gasteiger partial charge >= 0.3 is 0 Å². The molecule has 0 radical (unpaired) electrons. The number of carbonyl (C=O) groups is 2. The van der Waals surface area contributed by atoms with Crippen LogP contribution in [0.25, 0.3) is 0 Å². The van der Waals surface area contributed by atoms with Crippen molar-refractivity contribution in [3.8, 4) is 0 Å². The first kappa shape index (κ1) is 30.5. The minimum Gasteiger partial charge on any atom is -0.354 e. The van der Waals surface area contributed by atoms with Gasteiger partial charge in [0.1, 0.15) is 12.6 Å². The van der Waals surface area contributed by atoms with E-state index in [2.05, 4.69) is 5.32 Å². The molecule has 208 valence electrons. The van der Waals surface area contributed by atoms with Crippen LogP contribution < -0.4 is 9.62 Å². The van der Waals surface area contributed by atoms with Gasteiger partial charge in [0, 0.05) is 23.1 Å². The van der Waals surface area contributed by atoms with Gasteiger partial charge in [0.15, 0.2) is 0 Å². The second-order valence-corrected chi connectivity index (χ2v) is 12.0. The molecule has 0 saturated heterocycles. The summed E-state index contributed by atoms with van der Waals surface area (Å²) >= 11 is 12.0. The fourth-order valence-corrected chi connectivity index (χ4v) is 5.54. The van der Waals surface area contributed by atoms with Gasteiger partial charge in [0.05, 0.1) is 10.6 Å². The Hall–Kier alpha value is -3.07. The molecule has 0 aliphatic heterocycles. The number of halogens is 2. The van der Waals surface area contributed by atoms with Gasteiger partial charge in [-0.05, 0) is 74.4 Å². The first-order valence-electron chi connectivity index (χ1n) is 12.7. The van der Waals surface area contributed by atoms with E-state index in [-0.39, 0.29) is 17.3 Å². The van der Waals surface area contributed by atoms with E-state index in [1.54, 1.807) is 55.5 Å². The van der Waals surface area contributed by atoms with Crippen molar-refractivity contribution >= 4 is 50.7 Å². The van der Waals surface area contributed by atoms with E-state index in [4.69, 9.17) is 23.2 Å². The smallest absolute Gasteiger partial charge is 0.264 e. The van der Waals surface area contributed by atoms with Gasteiger partial charge in [-0.1, -0.05) is 66.4 Å². The third-order valence-corrected chi connectivity index (χ3v) is 8.56. The zero-order valence-electron chi connectivity index (χ0n) is 22.2. The average Bonchev–Trinajstić information content (AvgIpc) is 2.91. The Morgan fingerprint density at radius 2 is 1.46 bits per heavy atom. The summed E-state index contributed by atoms with van der Waals surface area (Å²) in [4.78, 5) is 28.2. The molecule has 0 aliphatic carbocycles. The first-order chi connectivity index (χ1) is 18.5. The Kier molecular flexibility index (Phi) is 10.8. The summed E-state index contributed by atoms with van der Waals surface area (Å²) in [7, 11) is -4.15. The van der Waals surface area contributed by atoms with E-state index >= 15 is 0 Å². The van der Waals surface area contributed by atoms with Crippen molar-refractivity contribution in [1.29, 1.82) is 0 Å². The van der Waals surface area contributed by atoms with Gasteiger partial charge in [-0.3, -0.25) is 13.9 Å². The van der Waals surface area contributed by atoms with E-state index in [1.165, 1.54) is 29.2 Å². The van der Waals surface area contributed by atoms with Crippen LogP contribution in [0.2, 0.25) is 10.0 Å². The molecule has 7 nitrogen and oxygen atoms in total. The minimum atomic E-state index is -4.15. The molecule has 0 saturated carbocycles. The number of hydrogen-bond donors (Lipinski definition) is 1. The number of anilines is 1. The molecule has 0 bridgehead atoms. The standard InChI is InChI=1S/C29H33Cl2N3O4S/c1-4-5-18-32-29(36)22(3)33(19-23-8-10-24(30)11-9-23)28(35)20-34(26-14-6-21(2)7-15-26)39(37,38)27-16-12-25(31)13-17-27/h6-17,22H,4-5,18-20H2,1-3H3,(H,32,36)/t22-/m1/s1. The molecule has 0 aliphatic rings. The van der Waals surface area contributed by atoms with Crippen molar-refractivity contribution in [3.05, 3.63) is 94.0 Å². The van der Waals surface area contributed by atoms with Gasteiger partial charge in [-0.2, -0.15) is 0 Å². The molecule has 0 unspecified atom stereocenters. The highest BCUT2D eigenvalue weighted by Gasteiger charge is 2.32. The lowest BCUT2D eigenvalue weighted by Crippen LogP contribution is -2.51. The largest absolute Gasteiger partial charge is 0.354 e. The second kappa shape index (κ2) is 13.8. The minimum absolute atomic E-state index is 0.00474. The molecule has 39 heavy (non-hydrogen) atoms. The van der Waals surface area contributed by atoms with Crippen molar-refractivity contribution in [2.45, 2.75) is 51.1 Å².